The van der Waals surface area contributed by atoms with Crippen LogP contribution in [0.25, 0.3) is 17.2 Å². The zero-order chi connectivity index (χ0) is 16.5. The molecule has 0 fully saturated rings. The fraction of sp³-hybridized carbons (Fsp3) is 0.118. The maximum Gasteiger partial charge on any atom is 0.224 e. The van der Waals surface area contributed by atoms with Crippen molar-refractivity contribution < 1.29 is 4.42 Å². The van der Waals surface area contributed by atoms with Gasteiger partial charge in [-0.15, -0.1) is 5.10 Å². The number of aromatic nitrogens is 4. The predicted molar refractivity (Wildman–Crippen MR) is 93.6 cm³/mol. The van der Waals surface area contributed by atoms with Gasteiger partial charge in [-0.1, -0.05) is 42.1 Å². The summed E-state index contributed by atoms with van der Waals surface area (Å²) in [4.78, 5) is 8.91. The maximum absolute atomic E-state index is 6.04. The lowest BCUT2D eigenvalue weighted by Gasteiger charge is -2.11. The molecule has 0 bridgehead atoms. The average Bonchev–Trinajstić information content (AvgIpc) is 3.25. The topological polar surface area (TPSA) is 82.2 Å². The lowest BCUT2D eigenvalue weighted by atomic mass is 10.2. The largest absolute Gasteiger partial charge is 0.461 e. The first kappa shape index (κ1) is 14.8. The van der Waals surface area contributed by atoms with Crippen LogP contribution in [0.2, 0.25) is 0 Å². The molecule has 0 aliphatic rings. The third-order valence-corrected chi connectivity index (χ3v) is 4.71. The molecule has 1 aromatic carbocycles. The molecule has 2 N–H and O–H groups in total. The summed E-state index contributed by atoms with van der Waals surface area (Å²) in [7, 11) is 0. The van der Waals surface area contributed by atoms with Gasteiger partial charge in [-0.05, 0) is 24.6 Å². The lowest BCUT2D eigenvalue weighted by Crippen LogP contribution is -2.03. The Morgan fingerprint density at radius 2 is 1.96 bits per heavy atom. The smallest absolute Gasteiger partial charge is 0.224 e. The minimum absolute atomic E-state index is 0.257. The van der Waals surface area contributed by atoms with E-state index < -0.39 is 0 Å². The van der Waals surface area contributed by atoms with E-state index in [1.807, 2.05) is 30.3 Å². The van der Waals surface area contributed by atoms with Crippen molar-refractivity contribution in [3.05, 3.63) is 60.4 Å². The second kappa shape index (κ2) is 6.01. The molecule has 4 rings (SSSR count). The molecule has 0 saturated heterocycles. The van der Waals surface area contributed by atoms with Crippen LogP contribution in [0.3, 0.4) is 0 Å². The monoisotopic (exact) mass is 337 g/mol. The number of thioether (sulfide) groups is 1. The molecule has 0 radical (unpaired) electrons. The first-order chi connectivity index (χ1) is 11.7. The van der Waals surface area contributed by atoms with E-state index in [1.165, 1.54) is 10.1 Å². The number of hydrogen-bond acceptors (Lipinski definition) is 6. The van der Waals surface area contributed by atoms with E-state index in [2.05, 4.69) is 34.1 Å². The van der Waals surface area contributed by atoms with Crippen molar-refractivity contribution in [2.75, 3.05) is 5.73 Å². The van der Waals surface area contributed by atoms with Gasteiger partial charge in [0.15, 0.2) is 11.4 Å². The van der Waals surface area contributed by atoms with Gasteiger partial charge in [-0.3, -0.25) is 0 Å². The highest BCUT2D eigenvalue weighted by molar-refractivity contribution is 7.99. The number of anilines is 1. The Labute approximate surface area is 142 Å². The molecule has 4 aromatic rings. The van der Waals surface area contributed by atoms with Gasteiger partial charge in [0.25, 0.3) is 0 Å². The summed E-state index contributed by atoms with van der Waals surface area (Å²) >= 11 is 1.64. The van der Waals surface area contributed by atoms with E-state index in [9.17, 15) is 0 Å². The standard InChI is InChI=1S/C17H15N5OS/c1-11(12-6-3-2-4-7-12)24-15-10-14-19-16(13-8-5-9-23-13)21-22(14)17(18)20-15/h2-11H,1H3,(H2,18,20). The fourth-order valence-corrected chi connectivity index (χ4v) is 3.41. The highest BCUT2D eigenvalue weighted by atomic mass is 32.2. The number of nitrogens with zero attached hydrogens (tertiary/aromatic N) is 4. The molecule has 1 unspecified atom stereocenters. The summed E-state index contributed by atoms with van der Waals surface area (Å²) in [6, 6.07) is 15.8. The van der Waals surface area contributed by atoms with Crippen LogP contribution >= 0.6 is 11.8 Å². The number of hydrogen-bond donors (Lipinski definition) is 1. The molecule has 0 aliphatic carbocycles. The molecular weight excluding hydrogens is 322 g/mol. The summed E-state index contributed by atoms with van der Waals surface area (Å²) in [6.45, 7) is 2.14. The molecule has 0 aliphatic heterocycles. The Hall–Kier alpha value is -2.80. The molecule has 3 aromatic heterocycles. The SMILES string of the molecule is CC(Sc1cc2nc(-c3ccco3)nn2c(N)n1)c1ccccc1. The Morgan fingerprint density at radius 1 is 1.12 bits per heavy atom. The van der Waals surface area contributed by atoms with Gasteiger partial charge in [-0.25, -0.2) is 9.97 Å². The van der Waals surface area contributed by atoms with E-state index in [4.69, 9.17) is 10.2 Å². The van der Waals surface area contributed by atoms with Crippen molar-refractivity contribution in [1.29, 1.82) is 0 Å². The third-order valence-electron chi connectivity index (χ3n) is 3.63. The first-order valence-electron chi connectivity index (χ1n) is 7.49. The third kappa shape index (κ3) is 2.74. The van der Waals surface area contributed by atoms with Gasteiger partial charge in [0.2, 0.25) is 11.8 Å². The normalized spacial score (nSPS) is 12.5. The van der Waals surface area contributed by atoms with Crippen molar-refractivity contribution in [2.24, 2.45) is 0 Å². The van der Waals surface area contributed by atoms with Crippen molar-refractivity contribution >= 4 is 23.4 Å². The number of rotatable bonds is 4. The van der Waals surface area contributed by atoms with Gasteiger partial charge >= 0.3 is 0 Å². The van der Waals surface area contributed by atoms with Crippen LogP contribution in [0.5, 0.6) is 0 Å². The van der Waals surface area contributed by atoms with Crippen molar-refractivity contribution in [1.82, 2.24) is 19.6 Å². The fourth-order valence-electron chi connectivity index (χ4n) is 2.43. The maximum atomic E-state index is 6.04. The predicted octanol–water partition coefficient (Wildman–Crippen LogP) is 3.82. The van der Waals surface area contributed by atoms with Gasteiger partial charge in [0, 0.05) is 11.3 Å². The van der Waals surface area contributed by atoms with E-state index in [1.54, 1.807) is 24.1 Å². The molecule has 120 valence electrons. The molecule has 3 heterocycles. The van der Waals surface area contributed by atoms with Crippen molar-refractivity contribution in [3.8, 4) is 11.6 Å². The highest BCUT2D eigenvalue weighted by Crippen LogP contribution is 2.34. The second-order valence-electron chi connectivity index (χ2n) is 5.31. The summed E-state index contributed by atoms with van der Waals surface area (Å²) in [6.07, 6.45) is 1.59. The van der Waals surface area contributed by atoms with Crippen LogP contribution in [-0.2, 0) is 0 Å². The number of furan rings is 1. The molecule has 1 atom stereocenters. The minimum atomic E-state index is 0.257. The molecule has 0 saturated carbocycles. The number of nitrogen functional groups attached to an aromatic ring is 1. The Bertz CT molecular complexity index is 965. The van der Waals surface area contributed by atoms with Gasteiger partial charge in [-0.2, -0.15) is 4.52 Å². The highest BCUT2D eigenvalue weighted by Gasteiger charge is 2.14. The van der Waals surface area contributed by atoms with Crippen molar-refractivity contribution in [3.63, 3.8) is 0 Å². The van der Waals surface area contributed by atoms with Gasteiger partial charge in [0.05, 0.1) is 6.26 Å². The molecular formula is C17H15N5OS. The van der Waals surface area contributed by atoms with Crippen LogP contribution in [0.1, 0.15) is 17.7 Å². The average molecular weight is 337 g/mol. The first-order valence-corrected chi connectivity index (χ1v) is 8.37. The number of fused-ring (bicyclic) bond motifs is 1. The van der Waals surface area contributed by atoms with Crippen LogP contribution in [0, 0.1) is 0 Å². The van der Waals surface area contributed by atoms with Gasteiger partial charge in [0.1, 0.15) is 5.03 Å². The van der Waals surface area contributed by atoms with E-state index in [0.29, 0.717) is 23.2 Å². The van der Waals surface area contributed by atoms with Crippen LogP contribution in [-0.4, -0.2) is 19.6 Å². The summed E-state index contributed by atoms with van der Waals surface area (Å²) in [5, 5.41) is 5.42. The van der Waals surface area contributed by atoms with E-state index in [0.717, 1.165) is 5.03 Å². The summed E-state index contributed by atoms with van der Waals surface area (Å²) < 4.78 is 6.86. The molecule has 24 heavy (non-hydrogen) atoms. The molecule has 0 amide bonds. The molecule has 0 spiro atoms. The molecule has 6 nitrogen and oxygen atoms in total. The van der Waals surface area contributed by atoms with Crippen LogP contribution in [0.4, 0.5) is 5.95 Å². The van der Waals surface area contributed by atoms with Gasteiger partial charge < -0.3 is 10.2 Å². The second-order valence-corrected chi connectivity index (χ2v) is 6.67. The Morgan fingerprint density at radius 3 is 2.71 bits per heavy atom. The Kier molecular flexibility index (Phi) is 3.70. The lowest BCUT2D eigenvalue weighted by molar-refractivity contribution is 0.577. The summed E-state index contributed by atoms with van der Waals surface area (Å²) in [5.41, 5.74) is 7.93. The minimum Gasteiger partial charge on any atom is -0.461 e. The van der Waals surface area contributed by atoms with E-state index in [-0.39, 0.29) is 5.25 Å². The zero-order valence-electron chi connectivity index (χ0n) is 13.0. The number of nitrogens with two attached hydrogens (primary N) is 1. The van der Waals surface area contributed by atoms with E-state index >= 15 is 0 Å². The molecule has 7 heteroatoms. The quantitative estimate of drug-likeness (QED) is 0.450. The van der Waals surface area contributed by atoms with Crippen molar-refractivity contribution in [2.45, 2.75) is 17.2 Å². The Balaban J connectivity index is 1.67. The van der Waals surface area contributed by atoms with Crippen LogP contribution in [0.15, 0.2) is 64.2 Å². The number of benzene rings is 1. The van der Waals surface area contributed by atoms with Crippen LogP contribution < -0.4 is 5.73 Å². The zero-order valence-corrected chi connectivity index (χ0v) is 13.8. The summed E-state index contributed by atoms with van der Waals surface area (Å²) in [5.74, 6) is 1.40.